The van der Waals surface area contributed by atoms with Gasteiger partial charge in [-0.1, -0.05) is 33.1 Å². The van der Waals surface area contributed by atoms with Crippen LogP contribution in [0.1, 0.15) is 110 Å². The van der Waals surface area contributed by atoms with E-state index in [1.165, 1.54) is 0 Å². The van der Waals surface area contributed by atoms with Crippen molar-refractivity contribution in [3.63, 3.8) is 0 Å². The molecular weight excluding hydrogens is 579 g/mol. The Hall–Kier alpha value is -0.810. The molecule has 4 rings (SSSR count). The van der Waals surface area contributed by atoms with Crippen LogP contribution in [-0.2, 0) is 19.4 Å². The molecule has 0 aliphatic heterocycles. The molecule has 0 unspecified atom stereocenters. The first-order valence-electron chi connectivity index (χ1n) is 16.0. The number of ether oxygens (including phenoxy) is 1. The first-order valence-corrected chi connectivity index (χ1v) is 17.8. The van der Waals surface area contributed by atoms with E-state index in [0.717, 1.165) is 57.8 Å². The van der Waals surface area contributed by atoms with Crippen LogP contribution in [0, 0.1) is 34.5 Å². The summed E-state index contributed by atoms with van der Waals surface area (Å²) in [6.45, 7) is 5.19. The number of halogens is 5. The smallest absolute Gasteiger partial charge is 0.393 e. The number of rotatable bonds is 13. The number of aliphatic hydroxyl groups excluding tert-OH is 1. The predicted molar refractivity (Wildman–Crippen MR) is 150 cm³/mol. The quantitative estimate of drug-likeness (QED) is 0.171. The largest absolute Gasteiger partial charge is 0.453 e. The molecular formula is C31H49F5O5S. The molecule has 0 spiro atoms. The van der Waals surface area contributed by atoms with Crippen LogP contribution in [0.4, 0.5) is 22.0 Å². The third-order valence-corrected chi connectivity index (χ3v) is 13.5. The van der Waals surface area contributed by atoms with Crippen molar-refractivity contribution in [2.75, 3.05) is 18.1 Å². The first-order chi connectivity index (χ1) is 19.5. The fourth-order valence-electron chi connectivity index (χ4n) is 9.21. The third-order valence-electron chi connectivity index (χ3n) is 11.6. The van der Waals surface area contributed by atoms with Crippen molar-refractivity contribution in [2.45, 2.75) is 134 Å². The van der Waals surface area contributed by atoms with E-state index >= 15 is 0 Å². The van der Waals surface area contributed by atoms with Crippen molar-refractivity contribution in [1.29, 1.82) is 0 Å². The first kappa shape index (κ1) is 34.1. The maximum Gasteiger partial charge on any atom is 0.453 e. The molecule has 4 aliphatic carbocycles. The van der Waals surface area contributed by atoms with Crippen LogP contribution in [-0.4, -0.2) is 61.7 Å². The van der Waals surface area contributed by atoms with Crippen LogP contribution in [0.25, 0.3) is 0 Å². The van der Waals surface area contributed by atoms with Gasteiger partial charge in [-0.25, -0.2) is 8.42 Å². The van der Waals surface area contributed by atoms with E-state index in [4.69, 9.17) is 4.74 Å². The molecule has 0 aromatic rings. The Morgan fingerprint density at radius 1 is 0.905 bits per heavy atom. The number of fused-ring (bicyclic) bond motifs is 5. The standard InChI is InChI=1S/C31H49F5O5S/c1-28-15-13-22(37)19-21(28)9-10-23-24-11-12-26(38)29(24,2)20-25(27(23)28)41-16-6-4-3-5-7-17-42(39,40)18-8-14-30(32,33)31(34,35)36/h21,23-27,38H,3-20H2,1-2H3/t21-,23-,24-,25-,26-,27+,28-,29-/m0/s1. The highest BCUT2D eigenvalue weighted by atomic mass is 32.2. The molecule has 4 fully saturated rings. The van der Waals surface area contributed by atoms with Crippen molar-refractivity contribution in [2.24, 2.45) is 34.5 Å². The molecule has 0 aromatic heterocycles. The molecule has 5 nitrogen and oxygen atoms in total. The molecule has 42 heavy (non-hydrogen) atoms. The monoisotopic (exact) mass is 628 g/mol. The Bertz CT molecular complexity index is 1050. The lowest BCUT2D eigenvalue weighted by Crippen LogP contribution is -2.60. The van der Waals surface area contributed by atoms with Crippen LogP contribution in [0.2, 0.25) is 0 Å². The number of carbonyl (C=O) groups is 1. The van der Waals surface area contributed by atoms with E-state index in [2.05, 4.69) is 13.8 Å². The van der Waals surface area contributed by atoms with Gasteiger partial charge in [-0.05, 0) is 92.3 Å². The number of hydrogen-bond acceptors (Lipinski definition) is 5. The van der Waals surface area contributed by atoms with Crippen LogP contribution >= 0.6 is 0 Å². The summed E-state index contributed by atoms with van der Waals surface area (Å²) in [4.78, 5) is 12.3. The van der Waals surface area contributed by atoms with Crippen molar-refractivity contribution < 1.29 is 45.0 Å². The number of alkyl halides is 5. The second-order valence-electron chi connectivity index (χ2n) is 14.3. The molecule has 0 saturated heterocycles. The van der Waals surface area contributed by atoms with Crippen LogP contribution in [0.5, 0.6) is 0 Å². The highest BCUT2D eigenvalue weighted by Crippen LogP contribution is 2.66. The van der Waals surface area contributed by atoms with Gasteiger partial charge in [-0.15, -0.1) is 0 Å². The molecule has 0 radical (unpaired) electrons. The summed E-state index contributed by atoms with van der Waals surface area (Å²) in [5.41, 5.74) is -0.0713. The Kier molecular flexibility index (Phi) is 10.5. The molecule has 4 aliphatic rings. The average molecular weight is 629 g/mol. The van der Waals surface area contributed by atoms with Crippen molar-refractivity contribution in [3.8, 4) is 0 Å². The fourth-order valence-corrected chi connectivity index (χ4v) is 10.6. The van der Waals surface area contributed by atoms with Crippen LogP contribution in [0.3, 0.4) is 0 Å². The Morgan fingerprint density at radius 2 is 1.57 bits per heavy atom. The maximum absolute atomic E-state index is 13.0. The number of carbonyl (C=O) groups excluding carboxylic acids is 1. The Morgan fingerprint density at radius 3 is 2.29 bits per heavy atom. The molecule has 0 amide bonds. The summed E-state index contributed by atoms with van der Waals surface area (Å²) in [6.07, 6.45) is 2.38. The van der Waals surface area contributed by atoms with E-state index < -0.39 is 40.5 Å². The number of Topliss-reactive ketones (excluding diaryl/α,β-unsaturated/α-hetero) is 1. The van der Waals surface area contributed by atoms with Crippen molar-refractivity contribution in [3.05, 3.63) is 0 Å². The molecule has 1 N–H and O–H groups in total. The SMILES string of the molecule is C[C@]12CCC(=O)C[C@@H]1CC[C@@H]1[C@@H]2[C@@H](OCCCCCCCS(=O)(=O)CCCC(F)(F)C(F)(F)F)C[C@]2(C)[C@@H](O)CC[C@@H]12. The van der Waals surface area contributed by atoms with Gasteiger partial charge in [0.25, 0.3) is 0 Å². The summed E-state index contributed by atoms with van der Waals surface area (Å²) >= 11 is 0. The summed E-state index contributed by atoms with van der Waals surface area (Å²) in [5.74, 6) is -3.60. The highest BCUT2D eigenvalue weighted by molar-refractivity contribution is 7.91. The lowest BCUT2D eigenvalue weighted by molar-refractivity contribution is -0.284. The van der Waals surface area contributed by atoms with Crippen LogP contribution < -0.4 is 0 Å². The van der Waals surface area contributed by atoms with Gasteiger partial charge in [0.2, 0.25) is 0 Å². The molecule has 0 aromatic carbocycles. The zero-order valence-electron chi connectivity index (χ0n) is 25.1. The van der Waals surface area contributed by atoms with E-state index in [1.54, 1.807) is 0 Å². The summed E-state index contributed by atoms with van der Waals surface area (Å²) in [6, 6.07) is 0. The topological polar surface area (TPSA) is 80.7 Å². The third kappa shape index (κ3) is 7.19. The van der Waals surface area contributed by atoms with Gasteiger partial charge in [0.05, 0.1) is 23.7 Å². The van der Waals surface area contributed by atoms with E-state index in [-0.39, 0.29) is 28.8 Å². The normalized spacial score (nSPS) is 37.3. The molecule has 0 bridgehead atoms. The number of aliphatic hydroxyl groups is 1. The number of sulfone groups is 1. The minimum Gasteiger partial charge on any atom is -0.393 e. The number of ketones is 1. The number of hydrogen-bond donors (Lipinski definition) is 1. The van der Waals surface area contributed by atoms with Gasteiger partial charge in [-0.3, -0.25) is 4.79 Å². The Labute approximate surface area is 247 Å². The van der Waals surface area contributed by atoms with Crippen molar-refractivity contribution in [1.82, 2.24) is 0 Å². The highest BCUT2D eigenvalue weighted by Gasteiger charge is 2.63. The average Bonchev–Trinajstić information content (AvgIpc) is 3.18. The zero-order valence-corrected chi connectivity index (χ0v) is 25.9. The van der Waals surface area contributed by atoms with Gasteiger partial charge in [-0.2, -0.15) is 22.0 Å². The fraction of sp³-hybridized carbons (Fsp3) is 0.968. The minimum absolute atomic E-state index is 0.0415. The summed E-state index contributed by atoms with van der Waals surface area (Å²) in [5, 5.41) is 11.0. The molecule has 8 atom stereocenters. The zero-order chi connectivity index (χ0) is 31.0. The number of unbranched alkanes of at least 4 members (excludes halogenated alkanes) is 4. The van der Waals surface area contributed by atoms with E-state index in [0.29, 0.717) is 61.7 Å². The van der Waals surface area contributed by atoms with Gasteiger partial charge >= 0.3 is 12.1 Å². The van der Waals surface area contributed by atoms with Gasteiger partial charge < -0.3 is 9.84 Å². The van der Waals surface area contributed by atoms with Crippen molar-refractivity contribution >= 4 is 15.6 Å². The maximum atomic E-state index is 13.0. The molecule has 0 heterocycles. The summed E-state index contributed by atoms with van der Waals surface area (Å²) < 4.78 is 93.6. The van der Waals surface area contributed by atoms with E-state index in [1.807, 2.05) is 0 Å². The summed E-state index contributed by atoms with van der Waals surface area (Å²) in [7, 11) is -3.68. The second kappa shape index (κ2) is 12.9. The lowest BCUT2D eigenvalue weighted by Gasteiger charge is -2.62. The Balaban J connectivity index is 1.22. The predicted octanol–water partition coefficient (Wildman–Crippen LogP) is 7.30. The molecule has 11 heteroatoms. The van der Waals surface area contributed by atoms with Crippen LogP contribution in [0.15, 0.2) is 0 Å². The second-order valence-corrected chi connectivity index (χ2v) is 16.6. The van der Waals surface area contributed by atoms with Gasteiger partial charge in [0.15, 0.2) is 0 Å². The minimum atomic E-state index is -5.66. The molecule has 244 valence electrons. The van der Waals surface area contributed by atoms with Gasteiger partial charge in [0, 0.05) is 25.9 Å². The van der Waals surface area contributed by atoms with Gasteiger partial charge in [0.1, 0.15) is 15.6 Å². The lowest BCUT2D eigenvalue weighted by atomic mass is 9.44. The molecule has 4 saturated carbocycles. The van der Waals surface area contributed by atoms with E-state index in [9.17, 15) is 40.3 Å².